The molecule has 2 N–H and O–H groups in total. The molecule has 0 aliphatic heterocycles. The maximum atomic E-state index is 13.7. The molecule has 5 nitrogen and oxygen atoms in total. The molecule has 0 unspecified atom stereocenters. The molecule has 0 bridgehead atoms. The van der Waals surface area contributed by atoms with Crippen LogP contribution in [0.2, 0.25) is 0 Å². The number of aryl methyl sites for hydroxylation is 1. The summed E-state index contributed by atoms with van der Waals surface area (Å²) in [5.41, 5.74) is 3.75. The molecule has 0 heterocycles. The number of benzene rings is 2. The second kappa shape index (κ2) is 15.1. The second-order valence-corrected chi connectivity index (χ2v) is 6.70. The van der Waals surface area contributed by atoms with Gasteiger partial charge in [-0.2, -0.15) is 0 Å². The third-order valence-electron chi connectivity index (χ3n) is 4.30. The van der Waals surface area contributed by atoms with Gasteiger partial charge in [0.05, 0.1) is 26.4 Å². The number of nitrogens with zero attached hydrogens (tertiary/aromatic N) is 1. The Balaban J connectivity index is 0.00000450. The van der Waals surface area contributed by atoms with Crippen LogP contribution in [-0.2, 0) is 29.2 Å². The van der Waals surface area contributed by atoms with Crippen LogP contribution in [0.3, 0.4) is 0 Å². The lowest BCUT2D eigenvalue weighted by Gasteiger charge is -2.12. The van der Waals surface area contributed by atoms with Gasteiger partial charge in [-0.05, 0) is 49.1 Å². The van der Waals surface area contributed by atoms with Crippen molar-refractivity contribution in [3.63, 3.8) is 0 Å². The summed E-state index contributed by atoms with van der Waals surface area (Å²) < 4.78 is 24.6. The lowest BCUT2D eigenvalue weighted by atomic mass is 10.1. The van der Waals surface area contributed by atoms with Gasteiger partial charge in [0.1, 0.15) is 5.82 Å². The fourth-order valence-electron chi connectivity index (χ4n) is 2.71. The Kier molecular flexibility index (Phi) is 13.3. The molecule has 0 aromatic heterocycles. The quantitative estimate of drug-likeness (QED) is 0.194. The van der Waals surface area contributed by atoms with Crippen molar-refractivity contribution in [2.45, 2.75) is 40.5 Å². The van der Waals surface area contributed by atoms with Crippen LogP contribution in [0.1, 0.15) is 36.1 Å². The molecule has 2 aromatic carbocycles. The van der Waals surface area contributed by atoms with E-state index < -0.39 is 0 Å². The van der Waals surface area contributed by atoms with Gasteiger partial charge in [-0.1, -0.05) is 36.4 Å². The van der Waals surface area contributed by atoms with Crippen molar-refractivity contribution in [1.29, 1.82) is 0 Å². The van der Waals surface area contributed by atoms with Crippen LogP contribution in [0.25, 0.3) is 0 Å². The zero-order chi connectivity index (χ0) is 20.9. The first kappa shape index (κ1) is 26.3. The van der Waals surface area contributed by atoms with E-state index in [4.69, 9.17) is 9.47 Å². The molecule has 0 fully saturated rings. The van der Waals surface area contributed by atoms with Gasteiger partial charge >= 0.3 is 0 Å². The highest BCUT2D eigenvalue weighted by Crippen LogP contribution is 2.10. The highest BCUT2D eigenvalue weighted by atomic mass is 127. The van der Waals surface area contributed by atoms with Crippen molar-refractivity contribution >= 4 is 29.9 Å². The highest BCUT2D eigenvalue weighted by Gasteiger charge is 2.03. The molecular formula is C23H33FIN3O2. The maximum Gasteiger partial charge on any atom is 0.191 e. The molecule has 0 saturated carbocycles. The minimum Gasteiger partial charge on any atom is -0.379 e. The van der Waals surface area contributed by atoms with E-state index in [1.165, 1.54) is 0 Å². The smallest absolute Gasteiger partial charge is 0.191 e. The highest BCUT2D eigenvalue weighted by molar-refractivity contribution is 14.0. The van der Waals surface area contributed by atoms with E-state index in [0.717, 1.165) is 23.2 Å². The molecule has 166 valence electrons. The fraction of sp³-hybridized carbons (Fsp3) is 0.435. The number of aliphatic imine (C=N–C) groups is 1. The molecule has 0 spiro atoms. The largest absolute Gasteiger partial charge is 0.379 e. The van der Waals surface area contributed by atoms with Crippen molar-refractivity contribution in [3.05, 3.63) is 70.5 Å². The lowest BCUT2D eigenvalue weighted by molar-refractivity contribution is 0.0453. The summed E-state index contributed by atoms with van der Waals surface area (Å²) in [7, 11) is 0. The molecule has 30 heavy (non-hydrogen) atoms. The molecule has 0 saturated heterocycles. The van der Waals surface area contributed by atoms with Gasteiger partial charge in [-0.3, -0.25) is 0 Å². The first-order valence-electron chi connectivity index (χ1n) is 10.1. The van der Waals surface area contributed by atoms with Gasteiger partial charge < -0.3 is 20.1 Å². The van der Waals surface area contributed by atoms with Crippen molar-refractivity contribution in [3.8, 4) is 0 Å². The van der Waals surface area contributed by atoms with Crippen LogP contribution in [0.15, 0.2) is 47.5 Å². The summed E-state index contributed by atoms with van der Waals surface area (Å²) in [5, 5.41) is 6.48. The average molecular weight is 529 g/mol. The predicted molar refractivity (Wildman–Crippen MR) is 131 cm³/mol. The molecule has 0 radical (unpaired) electrons. The van der Waals surface area contributed by atoms with E-state index >= 15 is 0 Å². The summed E-state index contributed by atoms with van der Waals surface area (Å²) in [6, 6.07) is 13.5. The van der Waals surface area contributed by atoms with Crippen LogP contribution in [-0.4, -0.2) is 32.3 Å². The molecule has 2 aromatic rings. The Hall–Kier alpha value is -1.71. The number of ether oxygens (including phenoxy) is 2. The molecule has 0 amide bonds. The minimum absolute atomic E-state index is 0. The SMILES string of the molecule is CCNC(=NCc1cccc(COCCOCC)c1)NCc1ccc(C)c(F)c1.I. The van der Waals surface area contributed by atoms with Gasteiger partial charge in [-0.15, -0.1) is 24.0 Å². The van der Waals surface area contributed by atoms with Crippen molar-refractivity contribution in [2.75, 3.05) is 26.4 Å². The summed E-state index contributed by atoms with van der Waals surface area (Å²) in [5.74, 6) is 0.512. The molecular weight excluding hydrogens is 496 g/mol. The average Bonchev–Trinajstić information content (AvgIpc) is 2.72. The third-order valence-corrected chi connectivity index (χ3v) is 4.30. The Morgan fingerprint density at radius 1 is 0.967 bits per heavy atom. The van der Waals surface area contributed by atoms with Gasteiger partial charge in [0.15, 0.2) is 5.96 Å². The number of hydrogen-bond donors (Lipinski definition) is 2. The molecule has 0 aliphatic rings. The number of nitrogens with one attached hydrogen (secondary N) is 2. The van der Waals surface area contributed by atoms with Crippen LogP contribution in [0.4, 0.5) is 4.39 Å². The Morgan fingerprint density at radius 2 is 1.73 bits per heavy atom. The number of hydrogen-bond acceptors (Lipinski definition) is 3. The van der Waals surface area contributed by atoms with Gasteiger partial charge in [0.2, 0.25) is 0 Å². The van der Waals surface area contributed by atoms with Crippen molar-refractivity contribution in [2.24, 2.45) is 4.99 Å². The Labute approximate surface area is 196 Å². The number of rotatable bonds is 11. The molecule has 2 rings (SSSR count). The topological polar surface area (TPSA) is 54.9 Å². The van der Waals surface area contributed by atoms with Crippen LogP contribution < -0.4 is 10.6 Å². The minimum atomic E-state index is -0.188. The fourth-order valence-corrected chi connectivity index (χ4v) is 2.71. The van der Waals surface area contributed by atoms with Crippen molar-refractivity contribution in [1.82, 2.24) is 10.6 Å². The normalized spacial score (nSPS) is 11.1. The third kappa shape index (κ3) is 9.86. The monoisotopic (exact) mass is 529 g/mol. The van der Waals surface area contributed by atoms with E-state index in [1.807, 2.05) is 38.1 Å². The van der Waals surface area contributed by atoms with E-state index in [0.29, 0.717) is 51.0 Å². The van der Waals surface area contributed by atoms with Gasteiger partial charge in [0.25, 0.3) is 0 Å². The summed E-state index contributed by atoms with van der Waals surface area (Å²) in [4.78, 5) is 4.64. The maximum absolute atomic E-state index is 13.7. The van der Waals surface area contributed by atoms with E-state index in [-0.39, 0.29) is 29.8 Å². The van der Waals surface area contributed by atoms with E-state index in [1.54, 1.807) is 19.1 Å². The molecule has 7 heteroatoms. The van der Waals surface area contributed by atoms with Gasteiger partial charge in [-0.25, -0.2) is 9.38 Å². The predicted octanol–water partition coefficient (Wildman–Crippen LogP) is 4.56. The Morgan fingerprint density at radius 3 is 2.47 bits per heavy atom. The molecule has 0 atom stereocenters. The molecule has 0 aliphatic carbocycles. The first-order valence-corrected chi connectivity index (χ1v) is 10.1. The van der Waals surface area contributed by atoms with Crippen molar-refractivity contribution < 1.29 is 13.9 Å². The van der Waals surface area contributed by atoms with E-state index in [9.17, 15) is 4.39 Å². The zero-order valence-corrected chi connectivity index (χ0v) is 20.4. The van der Waals surface area contributed by atoms with Gasteiger partial charge in [0, 0.05) is 19.7 Å². The van der Waals surface area contributed by atoms with E-state index in [2.05, 4.69) is 21.7 Å². The Bertz CT molecular complexity index is 787. The second-order valence-electron chi connectivity index (χ2n) is 6.70. The van der Waals surface area contributed by atoms with Crippen LogP contribution in [0, 0.1) is 12.7 Å². The lowest BCUT2D eigenvalue weighted by Crippen LogP contribution is -2.36. The summed E-state index contributed by atoms with van der Waals surface area (Å²) in [6.45, 7) is 10.0. The van der Waals surface area contributed by atoms with Crippen LogP contribution in [0.5, 0.6) is 0 Å². The standard InChI is InChI=1S/C23H32FN3O2.HI/c1-4-25-23(27-16-20-10-9-18(3)22(24)14-20)26-15-19-7-6-8-21(13-19)17-29-12-11-28-5-2;/h6-10,13-14H,4-5,11-12,15-17H2,1-3H3,(H2,25,26,27);1H. The van der Waals surface area contributed by atoms with Crippen LogP contribution >= 0.6 is 24.0 Å². The summed E-state index contributed by atoms with van der Waals surface area (Å²) in [6.07, 6.45) is 0. The zero-order valence-electron chi connectivity index (χ0n) is 18.0. The number of halogens is 2. The first-order chi connectivity index (χ1) is 14.1. The number of guanidine groups is 1. The summed E-state index contributed by atoms with van der Waals surface area (Å²) >= 11 is 0.